The highest BCUT2D eigenvalue weighted by Crippen LogP contribution is 2.22. The van der Waals surface area contributed by atoms with Crippen LogP contribution in [0.1, 0.15) is 72.1 Å². The molecule has 6 amide bonds. The fourth-order valence-electron chi connectivity index (χ4n) is 5.26. The van der Waals surface area contributed by atoms with Gasteiger partial charge in [-0.3, -0.25) is 28.8 Å². The minimum Gasteiger partial charge on any atom is -0.394 e. The lowest BCUT2D eigenvalue weighted by molar-refractivity contribution is -0.272. The van der Waals surface area contributed by atoms with Crippen molar-refractivity contribution in [2.24, 2.45) is 0 Å². The van der Waals surface area contributed by atoms with Crippen molar-refractivity contribution in [3.05, 3.63) is 0 Å². The Morgan fingerprint density at radius 3 is 1.96 bits per heavy atom. The van der Waals surface area contributed by atoms with Crippen LogP contribution in [-0.2, 0) is 57.2 Å². The van der Waals surface area contributed by atoms with Gasteiger partial charge in [-0.15, -0.1) is 0 Å². The summed E-state index contributed by atoms with van der Waals surface area (Å²) in [5.74, 6) is -2.86. The van der Waals surface area contributed by atoms with Crippen LogP contribution in [0.15, 0.2) is 0 Å². The van der Waals surface area contributed by atoms with Crippen molar-refractivity contribution in [1.82, 2.24) is 31.9 Å². The maximum absolute atomic E-state index is 13.1. The van der Waals surface area contributed by atoms with Gasteiger partial charge in [0.25, 0.3) is 0 Å². The number of amides is 6. The van der Waals surface area contributed by atoms with Crippen LogP contribution in [0.4, 0.5) is 0 Å². The van der Waals surface area contributed by atoms with E-state index < -0.39 is 85.1 Å². The van der Waals surface area contributed by atoms with Gasteiger partial charge in [0.1, 0.15) is 36.2 Å². The van der Waals surface area contributed by atoms with E-state index in [-0.39, 0.29) is 84.3 Å². The standard InChI is InChI=1S/C35H62N6O16/c1-22(43)8-6-4-5-7-9-28(47)41-25(10-11-27(46)38-20-29(48)36-12-14-53-17-19-56-35(52)40-24(3)45)33(51)37-13-15-54-16-18-55-34-30(39-23(2)44)32(50)31(49)26(21-42)57-34/h25-26,30-32,34-35,42,49-50,52H,4-21H2,1-3H3,(H,36,48)(H,37,51)(H,38,46)(H,39,44)(H,40,45)(H,41,47). The molecule has 0 saturated carbocycles. The van der Waals surface area contributed by atoms with Crippen molar-refractivity contribution in [2.45, 2.75) is 115 Å². The summed E-state index contributed by atoms with van der Waals surface area (Å²) in [5.41, 5.74) is 0. The number of unbranched alkanes of at least 4 members (excludes halogenated alkanes) is 3. The summed E-state index contributed by atoms with van der Waals surface area (Å²) in [4.78, 5) is 83.9. The van der Waals surface area contributed by atoms with Crippen LogP contribution in [0.3, 0.4) is 0 Å². The average Bonchev–Trinajstić information content (AvgIpc) is 3.14. The maximum Gasteiger partial charge on any atom is 0.242 e. The van der Waals surface area contributed by atoms with Crippen LogP contribution in [0.5, 0.6) is 0 Å². The van der Waals surface area contributed by atoms with E-state index in [1.54, 1.807) is 0 Å². The summed E-state index contributed by atoms with van der Waals surface area (Å²) in [6.45, 7) is 3.30. The predicted octanol–water partition coefficient (Wildman–Crippen LogP) is -4.05. The highest BCUT2D eigenvalue weighted by molar-refractivity contribution is 5.89. The third kappa shape index (κ3) is 24.5. The number of ether oxygens (including phenoxy) is 5. The first-order valence-corrected chi connectivity index (χ1v) is 19.0. The van der Waals surface area contributed by atoms with E-state index in [0.29, 0.717) is 12.8 Å². The van der Waals surface area contributed by atoms with Gasteiger partial charge in [-0.2, -0.15) is 0 Å². The number of Topliss-reactive ketones (excluding diaryl/α,β-unsaturated/α-hetero) is 1. The zero-order valence-electron chi connectivity index (χ0n) is 33.0. The molecule has 10 N–H and O–H groups in total. The van der Waals surface area contributed by atoms with Gasteiger partial charge in [0.2, 0.25) is 41.9 Å². The van der Waals surface area contributed by atoms with Crippen LogP contribution in [0.2, 0.25) is 0 Å². The molecule has 0 bridgehead atoms. The maximum atomic E-state index is 13.1. The average molecular weight is 823 g/mol. The van der Waals surface area contributed by atoms with Crippen LogP contribution in [0.25, 0.3) is 0 Å². The third-order valence-electron chi connectivity index (χ3n) is 8.15. The molecule has 1 fully saturated rings. The zero-order valence-corrected chi connectivity index (χ0v) is 33.0. The molecule has 1 saturated heterocycles. The predicted molar refractivity (Wildman–Crippen MR) is 197 cm³/mol. The van der Waals surface area contributed by atoms with Crippen LogP contribution in [0, 0.1) is 0 Å². The van der Waals surface area contributed by atoms with Crippen molar-refractivity contribution in [1.29, 1.82) is 0 Å². The molecule has 328 valence electrons. The molecular weight excluding hydrogens is 760 g/mol. The fourth-order valence-corrected chi connectivity index (χ4v) is 5.26. The first kappa shape index (κ1) is 51.1. The number of aliphatic hydroxyl groups excluding tert-OH is 4. The highest BCUT2D eigenvalue weighted by atomic mass is 16.7. The SMILES string of the molecule is CC(=O)CCCCCCC(=O)NC(CCC(=O)NCC(=O)NCCOCCOC(O)NC(C)=O)C(=O)NCCOCCOC1OC(CO)C(O)C(O)C1NC(C)=O. The van der Waals surface area contributed by atoms with Gasteiger partial charge in [0.05, 0.1) is 52.8 Å². The summed E-state index contributed by atoms with van der Waals surface area (Å²) >= 11 is 0. The number of hydrogen-bond acceptors (Lipinski definition) is 16. The molecule has 1 aliphatic rings. The number of carbonyl (C=O) groups excluding carboxylic acids is 7. The Bertz CT molecular complexity index is 1250. The molecule has 0 aromatic rings. The Labute approximate surface area is 331 Å². The van der Waals surface area contributed by atoms with E-state index in [2.05, 4.69) is 31.9 Å². The second kappa shape index (κ2) is 30.2. The van der Waals surface area contributed by atoms with E-state index in [1.807, 2.05) is 0 Å². The second-order valence-corrected chi connectivity index (χ2v) is 13.1. The molecule has 0 aliphatic carbocycles. The lowest BCUT2D eigenvalue weighted by Gasteiger charge is -2.42. The molecule has 57 heavy (non-hydrogen) atoms. The largest absolute Gasteiger partial charge is 0.394 e. The number of carbonyl (C=O) groups is 7. The van der Waals surface area contributed by atoms with Crippen LogP contribution < -0.4 is 31.9 Å². The zero-order chi connectivity index (χ0) is 42.6. The molecule has 7 atom stereocenters. The topological polar surface area (TPSA) is 319 Å². The molecule has 22 nitrogen and oxygen atoms in total. The van der Waals surface area contributed by atoms with Gasteiger partial charge >= 0.3 is 0 Å². The van der Waals surface area contributed by atoms with Gasteiger partial charge in [-0.05, 0) is 26.2 Å². The van der Waals surface area contributed by atoms with Gasteiger partial charge in [0, 0.05) is 46.2 Å². The number of rotatable bonds is 31. The van der Waals surface area contributed by atoms with Gasteiger partial charge in [-0.25, -0.2) is 0 Å². The Kier molecular flexibility index (Phi) is 27.1. The van der Waals surface area contributed by atoms with E-state index in [0.717, 1.165) is 19.3 Å². The van der Waals surface area contributed by atoms with E-state index in [9.17, 15) is 54.0 Å². The molecule has 0 aromatic carbocycles. The van der Waals surface area contributed by atoms with Gasteiger partial charge < -0.3 is 80.8 Å². The Morgan fingerprint density at radius 2 is 1.33 bits per heavy atom. The monoisotopic (exact) mass is 822 g/mol. The lowest BCUT2D eigenvalue weighted by Crippen LogP contribution is -2.64. The molecule has 1 aliphatic heterocycles. The number of nitrogens with one attached hydrogen (secondary N) is 6. The number of ketones is 1. The molecule has 22 heteroatoms. The van der Waals surface area contributed by atoms with Gasteiger partial charge in [-0.1, -0.05) is 12.8 Å². The van der Waals surface area contributed by atoms with Crippen LogP contribution >= 0.6 is 0 Å². The fraction of sp³-hybridized carbons (Fsp3) is 0.800. The molecular formula is C35H62N6O16. The Balaban J connectivity index is 2.51. The third-order valence-corrected chi connectivity index (χ3v) is 8.15. The summed E-state index contributed by atoms with van der Waals surface area (Å²) in [6, 6.07) is -2.18. The minimum atomic E-state index is -1.46. The summed E-state index contributed by atoms with van der Waals surface area (Å²) in [7, 11) is 0. The smallest absolute Gasteiger partial charge is 0.242 e. The quantitative estimate of drug-likeness (QED) is 0.0235. The second-order valence-electron chi connectivity index (χ2n) is 13.1. The minimum absolute atomic E-state index is 0.000610. The summed E-state index contributed by atoms with van der Waals surface area (Å²) in [5, 5.41) is 54.2. The summed E-state index contributed by atoms with van der Waals surface area (Å²) in [6.07, 6.45) is -3.59. The molecule has 0 radical (unpaired) electrons. The van der Waals surface area contributed by atoms with Crippen molar-refractivity contribution in [2.75, 3.05) is 65.9 Å². The lowest BCUT2D eigenvalue weighted by atomic mass is 9.97. The molecule has 7 unspecified atom stereocenters. The van der Waals surface area contributed by atoms with Crippen molar-refractivity contribution >= 4 is 41.2 Å². The van der Waals surface area contributed by atoms with Gasteiger partial charge in [0.15, 0.2) is 6.29 Å². The van der Waals surface area contributed by atoms with E-state index in [1.165, 1.54) is 20.8 Å². The first-order valence-electron chi connectivity index (χ1n) is 19.0. The molecule has 1 rings (SSSR count). The van der Waals surface area contributed by atoms with Crippen molar-refractivity contribution in [3.8, 4) is 0 Å². The van der Waals surface area contributed by atoms with E-state index >= 15 is 0 Å². The molecule has 1 heterocycles. The number of hydrogen-bond donors (Lipinski definition) is 10. The molecule has 0 spiro atoms. The molecule has 0 aromatic heterocycles. The Hall–Kier alpha value is -3.87. The van der Waals surface area contributed by atoms with Crippen molar-refractivity contribution < 1.29 is 77.7 Å². The normalized spacial score (nSPS) is 20.1. The first-order chi connectivity index (χ1) is 27.1. The van der Waals surface area contributed by atoms with Crippen molar-refractivity contribution in [3.63, 3.8) is 0 Å². The van der Waals surface area contributed by atoms with E-state index in [4.69, 9.17) is 23.7 Å². The highest BCUT2D eigenvalue weighted by Gasteiger charge is 2.45. The van der Waals surface area contributed by atoms with Crippen LogP contribution in [-0.4, -0.2) is 171 Å². The Morgan fingerprint density at radius 1 is 0.684 bits per heavy atom. The summed E-state index contributed by atoms with van der Waals surface area (Å²) < 4.78 is 26.7. The number of aliphatic hydroxyl groups is 4.